The number of hydrogen-bond donors (Lipinski definition) is 1. The minimum atomic E-state index is -0.0729. The maximum absolute atomic E-state index is 12.7. The molecule has 0 bridgehead atoms. The van der Waals surface area contributed by atoms with Crippen LogP contribution in [0.1, 0.15) is 43.0 Å². The molecule has 0 saturated carbocycles. The van der Waals surface area contributed by atoms with Crippen molar-refractivity contribution in [3.05, 3.63) is 48.0 Å². The molecule has 1 N–H and O–H groups in total. The van der Waals surface area contributed by atoms with E-state index < -0.39 is 0 Å². The minimum Gasteiger partial charge on any atom is -0.497 e. The molecular formula is C24H32N2O4. The van der Waals surface area contributed by atoms with Crippen molar-refractivity contribution in [1.29, 1.82) is 0 Å². The summed E-state index contributed by atoms with van der Waals surface area (Å²) in [4.78, 5) is 15.1. The van der Waals surface area contributed by atoms with E-state index in [0.717, 1.165) is 44.5 Å². The molecule has 6 nitrogen and oxygen atoms in total. The molecule has 0 radical (unpaired) electrons. The van der Waals surface area contributed by atoms with Gasteiger partial charge in [0.15, 0.2) is 11.5 Å². The summed E-state index contributed by atoms with van der Waals surface area (Å²) >= 11 is 0. The number of rotatable bonds is 9. The Morgan fingerprint density at radius 2 is 1.77 bits per heavy atom. The van der Waals surface area contributed by atoms with Crippen LogP contribution in [0.25, 0.3) is 0 Å². The van der Waals surface area contributed by atoms with E-state index in [1.54, 1.807) is 26.4 Å². The molecule has 2 aromatic rings. The SMILES string of the molecule is CCCCOc1ccc(C(=O)NC2CCN(c3ccc(OC)cc3)CC2)cc1OC. The van der Waals surface area contributed by atoms with Crippen LogP contribution in [0.15, 0.2) is 42.5 Å². The van der Waals surface area contributed by atoms with Gasteiger partial charge in [-0.3, -0.25) is 4.79 Å². The third kappa shape index (κ3) is 5.59. The Kier molecular flexibility index (Phi) is 7.82. The predicted octanol–water partition coefficient (Wildman–Crippen LogP) is 4.28. The lowest BCUT2D eigenvalue weighted by Gasteiger charge is -2.34. The van der Waals surface area contributed by atoms with E-state index in [1.165, 1.54) is 5.69 Å². The Hall–Kier alpha value is -2.89. The smallest absolute Gasteiger partial charge is 0.251 e. The summed E-state index contributed by atoms with van der Waals surface area (Å²) in [6, 6.07) is 13.6. The molecule has 1 amide bonds. The largest absolute Gasteiger partial charge is 0.497 e. The van der Waals surface area contributed by atoms with Gasteiger partial charge in [0.1, 0.15) is 5.75 Å². The van der Waals surface area contributed by atoms with E-state index in [-0.39, 0.29) is 11.9 Å². The van der Waals surface area contributed by atoms with Crippen LogP contribution in [0.2, 0.25) is 0 Å². The summed E-state index contributed by atoms with van der Waals surface area (Å²) < 4.78 is 16.4. The average molecular weight is 413 g/mol. The van der Waals surface area contributed by atoms with Crippen LogP contribution in [0, 0.1) is 0 Å². The molecule has 0 aromatic heterocycles. The van der Waals surface area contributed by atoms with Crippen LogP contribution >= 0.6 is 0 Å². The number of methoxy groups -OCH3 is 2. The number of amides is 1. The second-order valence-electron chi connectivity index (χ2n) is 7.50. The zero-order valence-corrected chi connectivity index (χ0v) is 18.1. The number of hydrogen-bond acceptors (Lipinski definition) is 5. The van der Waals surface area contributed by atoms with Gasteiger partial charge in [0.05, 0.1) is 20.8 Å². The van der Waals surface area contributed by atoms with Gasteiger partial charge in [0.2, 0.25) is 0 Å². The van der Waals surface area contributed by atoms with E-state index in [4.69, 9.17) is 14.2 Å². The molecule has 1 heterocycles. The number of carbonyl (C=O) groups is 1. The van der Waals surface area contributed by atoms with Crippen LogP contribution in [0.3, 0.4) is 0 Å². The van der Waals surface area contributed by atoms with Crippen LogP contribution in [-0.2, 0) is 0 Å². The van der Waals surface area contributed by atoms with Crippen LogP contribution in [0.4, 0.5) is 5.69 Å². The highest BCUT2D eigenvalue weighted by molar-refractivity contribution is 5.95. The van der Waals surface area contributed by atoms with Crippen molar-refractivity contribution in [2.24, 2.45) is 0 Å². The van der Waals surface area contributed by atoms with Crippen molar-refractivity contribution < 1.29 is 19.0 Å². The average Bonchev–Trinajstić information content (AvgIpc) is 2.80. The fraction of sp³-hybridized carbons (Fsp3) is 0.458. The van der Waals surface area contributed by atoms with Crippen molar-refractivity contribution in [1.82, 2.24) is 5.32 Å². The lowest BCUT2D eigenvalue weighted by Crippen LogP contribution is -2.44. The number of piperidine rings is 1. The Labute approximate surface area is 179 Å². The standard InChI is InChI=1S/C24H32N2O4/c1-4-5-16-30-22-11-6-18(17-23(22)29-3)24(27)25-19-12-14-26(15-13-19)20-7-9-21(28-2)10-8-20/h6-11,17,19H,4-5,12-16H2,1-3H3,(H,25,27). The number of carbonyl (C=O) groups excluding carboxylic acids is 1. The Bertz CT molecular complexity index is 814. The van der Waals surface area contributed by atoms with Gasteiger partial charge in [-0.2, -0.15) is 0 Å². The van der Waals surface area contributed by atoms with Gasteiger partial charge in [-0.15, -0.1) is 0 Å². The highest BCUT2D eigenvalue weighted by Gasteiger charge is 2.22. The molecule has 1 aliphatic heterocycles. The highest BCUT2D eigenvalue weighted by Crippen LogP contribution is 2.29. The lowest BCUT2D eigenvalue weighted by atomic mass is 10.0. The lowest BCUT2D eigenvalue weighted by molar-refractivity contribution is 0.0930. The molecule has 30 heavy (non-hydrogen) atoms. The molecule has 1 aliphatic rings. The number of anilines is 1. The van der Waals surface area contributed by atoms with E-state index in [9.17, 15) is 4.79 Å². The van der Waals surface area contributed by atoms with Crippen LogP contribution < -0.4 is 24.4 Å². The quantitative estimate of drug-likeness (QED) is 0.623. The Morgan fingerprint density at radius 1 is 1.03 bits per heavy atom. The number of ether oxygens (including phenoxy) is 3. The van der Waals surface area contributed by atoms with Gasteiger partial charge in [-0.25, -0.2) is 0 Å². The summed E-state index contributed by atoms with van der Waals surface area (Å²) in [5.74, 6) is 2.05. The molecule has 0 unspecified atom stereocenters. The predicted molar refractivity (Wildman–Crippen MR) is 119 cm³/mol. The van der Waals surface area contributed by atoms with Crippen molar-refractivity contribution in [2.75, 3.05) is 38.8 Å². The zero-order valence-electron chi connectivity index (χ0n) is 18.1. The van der Waals surface area contributed by atoms with Crippen LogP contribution in [-0.4, -0.2) is 45.9 Å². The van der Waals surface area contributed by atoms with E-state index in [1.807, 2.05) is 18.2 Å². The van der Waals surface area contributed by atoms with Gasteiger partial charge in [0, 0.05) is 30.4 Å². The molecule has 162 valence electrons. The van der Waals surface area contributed by atoms with Gasteiger partial charge in [0.25, 0.3) is 5.91 Å². The molecule has 2 aromatic carbocycles. The van der Waals surface area contributed by atoms with Gasteiger partial charge >= 0.3 is 0 Å². The summed E-state index contributed by atoms with van der Waals surface area (Å²) in [6.07, 6.45) is 3.88. The second-order valence-corrected chi connectivity index (χ2v) is 7.50. The molecule has 6 heteroatoms. The molecule has 0 spiro atoms. The Balaban J connectivity index is 1.53. The maximum Gasteiger partial charge on any atom is 0.251 e. The molecule has 1 saturated heterocycles. The van der Waals surface area contributed by atoms with Gasteiger partial charge in [-0.1, -0.05) is 13.3 Å². The van der Waals surface area contributed by atoms with Crippen LogP contribution in [0.5, 0.6) is 17.2 Å². The Morgan fingerprint density at radius 3 is 2.40 bits per heavy atom. The zero-order chi connectivity index (χ0) is 21.3. The third-order valence-corrected chi connectivity index (χ3v) is 5.45. The van der Waals surface area contributed by atoms with Crippen molar-refractivity contribution in [3.8, 4) is 17.2 Å². The molecule has 0 aliphatic carbocycles. The number of nitrogens with zero attached hydrogens (tertiary/aromatic N) is 1. The normalized spacial score (nSPS) is 14.3. The second kappa shape index (κ2) is 10.8. The number of benzene rings is 2. The van der Waals surface area contributed by atoms with Gasteiger partial charge in [-0.05, 0) is 61.7 Å². The first kappa shape index (κ1) is 21.8. The van der Waals surface area contributed by atoms with E-state index in [0.29, 0.717) is 23.7 Å². The van der Waals surface area contributed by atoms with Crippen molar-refractivity contribution in [2.45, 2.75) is 38.6 Å². The first-order valence-electron chi connectivity index (χ1n) is 10.6. The third-order valence-electron chi connectivity index (χ3n) is 5.45. The first-order valence-corrected chi connectivity index (χ1v) is 10.6. The first-order chi connectivity index (χ1) is 14.6. The summed E-state index contributed by atoms with van der Waals surface area (Å²) in [7, 11) is 3.27. The topological polar surface area (TPSA) is 60.0 Å². The minimum absolute atomic E-state index is 0.0729. The van der Waals surface area contributed by atoms with E-state index >= 15 is 0 Å². The molecular weight excluding hydrogens is 380 g/mol. The number of nitrogens with one attached hydrogen (secondary N) is 1. The summed E-state index contributed by atoms with van der Waals surface area (Å²) in [5.41, 5.74) is 1.77. The monoisotopic (exact) mass is 412 g/mol. The van der Waals surface area contributed by atoms with Gasteiger partial charge < -0.3 is 24.4 Å². The molecule has 3 rings (SSSR count). The molecule has 0 atom stereocenters. The fourth-order valence-corrected chi connectivity index (χ4v) is 3.60. The highest BCUT2D eigenvalue weighted by atomic mass is 16.5. The summed E-state index contributed by atoms with van der Waals surface area (Å²) in [6.45, 7) is 4.58. The summed E-state index contributed by atoms with van der Waals surface area (Å²) in [5, 5.41) is 3.17. The molecule has 1 fully saturated rings. The van der Waals surface area contributed by atoms with E-state index in [2.05, 4.69) is 29.3 Å². The fourth-order valence-electron chi connectivity index (χ4n) is 3.60. The van der Waals surface area contributed by atoms with Crippen molar-refractivity contribution >= 4 is 11.6 Å². The number of unbranched alkanes of at least 4 members (excludes halogenated alkanes) is 1. The maximum atomic E-state index is 12.7. The van der Waals surface area contributed by atoms with Crippen molar-refractivity contribution in [3.63, 3.8) is 0 Å².